The van der Waals surface area contributed by atoms with Crippen LogP contribution in [0.4, 0.5) is 0 Å². The number of nitrogens with one attached hydrogen (secondary N) is 2. The number of rotatable bonds is 9. The van der Waals surface area contributed by atoms with Gasteiger partial charge in [-0.2, -0.15) is 0 Å². The first kappa shape index (κ1) is 18.3. The third-order valence-electron chi connectivity index (χ3n) is 3.01. The van der Waals surface area contributed by atoms with Crippen LogP contribution >= 0.6 is 0 Å². The minimum atomic E-state index is 0.200. The zero-order chi connectivity index (χ0) is 16.2. The third-order valence-corrected chi connectivity index (χ3v) is 3.01. The summed E-state index contributed by atoms with van der Waals surface area (Å²) >= 11 is 0. The van der Waals surface area contributed by atoms with E-state index in [-0.39, 0.29) is 6.04 Å². The van der Waals surface area contributed by atoms with Gasteiger partial charge < -0.3 is 24.8 Å². The Balaban J connectivity index is 2.24. The van der Waals surface area contributed by atoms with E-state index < -0.39 is 0 Å². The van der Waals surface area contributed by atoms with Crippen molar-refractivity contribution in [1.29, 1.82) is 0 Å². The van der Waals surface area contributed by atoms with Gasteiger partial charge in [0.2, 0.25) is 0 Å². The first-order valence-corrected chi connectivity index (χ1v) is 7.37. The fraction of sp³-hybridized carbons (Fsp3) is 0.562. The molecule has 0 aliphatic carbocycles. The van der Waals surface area contributed by atoms with Crippen molar-refractivity contribution < 1.29 is 14.2 Å². The summed E-state index contributed by atoms with van der Waals surface area (Å²) < 4.78 is 16.0. The second kappa shape index (κ2) is 10.9. The van der Waals surface area contributed by atoms with Gasteiger partial charge in [-0.05, 0) is 13.0 Å². The van der Waals surface area contributed by atoms with Crippen LogP contribution in [0.2, 0.25) is 0 Å². The number of benzene rings is 1. The number of hydrogen-bond donors (Lipinski definition) is 2. The van der Waals surface area contributed by atoms with Crippen molar-refractivity contribution >= 4 is 5.96 Å². The van der Waals surface area contributed by atoms with Crippen LogP contribution in [0.3, 0.4) is 0 Å². The normalized spacial score (nSPS) is 12.8. The molecule has 0 bridgehead atoms. The summed E-state index contributed by atoms with van der Waals surface area (Å²) in [6.45, 7) is 4.45. The summed E-state index contributed by atoms with van der Waals surface area (Å²) in [7, 11) is 5.09. The molecule has 1 aromatic carbocycles. The summed E-state index contributed by atoms with van der Waals surface area (Å²) in [5.41, 5.74) is 1.04. The van der Waals surface area contributed by atoms with Crippen LogP contribution in [0.25, 0.3) is 0 Å². The molecule has 0 amide bonds. The van der Waals surface area contributed by atoms with Gasteiger partial charge >= 0.3 is 0 Å². The maximum Gasteiger partial charge on any atom is 0.191 e. The molecule has 0 radical (unpaired) electrons. The second-order valence-corrected chi connectivity index (χ2v) is 4.86. The van der Waals surface area contributed by atoms with Gasteiger partial charge in [-0.1, -0.05) is 18.2 Å². The summed E-state index contributed by atoms with van der Waals surface area (Å²) in [5, 5.41) is 6.43. The molecule has 1 rings (SSSR count). The average molecular weight is 309 g/mol. The Morgan fingerprint density at radius 1 is 1.27 bits per heavy atom. The Morgan fingerprint density at radius 2 is 2.05 bits per heavy atom. The van der Waals surface area contributed by atoms with Crippen molar-refractivity contribution in [2.24, 2.45) is 4.99 Å². The van der Waals surface area contributed by atoms with Crippen LogP contribution in [0.15, 0.2) is 29.3 Å². The Morgan fingerprint density at radius 3 is 2.73 bits per heavy atom. The van der Waals surface area contributed by atoms with Crippen molar-refractivity contribution in [2.45, 2.75) is 19.6 Å². The summed E-state index contributed by atoms with van der Waals surface area (Å²) in [6, 6.07) is 8.05. The van der Waals surface area contributed by atoms with Crippen molar-refractivity contribution in [3.05, 3.63) is 29.8 Å². The lowest BCUT2D eigenvalue weighted by atomic mass is 10.2. The number of para-hydroxylation sites is 1. The van der Waals surface area contributed by atoms with E-state index in [0.717, 1.165) is 17.3 Å². The molecule has 124 valence electrons. The highest BCUT2D eigenvalue weighted by Crippen LogP contribution is 2.17. The molecule has 2 N–H and O–H groups in total. The molecule has 0 aromatic heterocycles. The smallest absolute Gasteiger partial charge is 0.191 e. The Hall–Kier alpha value is -1.79. The van der Waals surface area contributed by atoms with E-state index in [9.17, 15) is 0 Å². The number of ether oxygens (including phenoxy) is 3. The highest BCUT2D eigenvalue weighted by atomic mass is 16.5. The predicted molar refractivity (Wildman–Crippen MR) is 88.5 cm³/mol. The number of aliphatic imine (C=N–C) groups is 1. The van der Waals surface area contributed by atoms with E-state index in [1.807, 2.05) is 31.2 Å². The predicted octanol–water partition coefficient (Wildman–Crippen LogP) is 1.41. The SMILES string of the molecule is CN=C(NCCOCc1ccccc1OC)NC(C)COC. The minimum Gasteiger partial charge on any atom is -0.496 e. The molecule has 0 fully saturated rings. The van der Waals surface area contributed by atoms with E-state index in [4.69, 9.17) is 14.2 Å². The van der Waals surface area contributed by atoms with Crippen LogP contribution in [0, 0.1) is 0 Å². The Kier molecular flexibility index (Phi) is 9.02. The number of methoxy groups -OCH3 is 2. The van der Waals surface area contributed by atoms with Gasteiger partial charge in [0, 0.05) is 32.3 Å². The first-order chi connectivity index (χ1) is 10.7. The van der Waals surface area contributed by atoms with Crippen LogP contribution in [0.5, 0.6) is 5.75 Å². The Bertz CT molecular complexity index is 452. The maximum absolute atomic E-state index is 5.66. The van der Waals surface area contributed by atoms with Crippen molar-refractivity contribution in [2.75, 3.05) is 41.0 Å². The van der Waals surface area contributed by atoms with Crippen molar-refractivity contribution in [3.63, 3.8) is 0 Å². The van der Waals surface area contributed by atoms with E-state index in [1.54, 1.807) is 21.3 Å². The van der Waals surface area contributed by atoms with Crippen LogP contribution in [-0.2, 0) is 16.1 Å². The lowest BCUT2D eigenvalue weighted by molar-refractivity contribution is 0.123. The number of hydrogen-bond acceptors (Lipinski definition) is 4. The van der Waals surface area contributed by atoms with E-state index >= 15 is 0 Å². The zero-order valence-electron chi connectivity index (χ0n) is 13.9. The molecular formula is C16H27N3O3. The van der Waals surface area contributed by atoms with E-state index in [0.29, 0.717) is 26.4 Å². The standard InChI is InChI=1S/C16H27N3O3/c1-13(11-20-3)19-16(17-2)18-9-10-22-12-14-7-5-6-8-15(14)21-4/h5-8,13H,9-12H2,1-4H3,(H2,17,18,19). The minimum absolute atomic E-state index is 0.200. The molecule has 0 saturated heterocycles. The molecule has 0 aliphatic rings. The van der Waals surface area contributed by atoms with Gasteiger partial charge in [0.25, 0.3) is 0 Å². The van der Waals surface area contributed by atoms with E-state index in [2.05, 4.69) is 15.6 Å². The number of nitrogens with zero attached hydrogens (tertiary/aromatic N) is 1. The maximum atomic E-state index is 5.66. The fourth-order valence-corrected chi connectivity index (χ4v) is 1.97. The lowest BCUT2D eigenvalue weighted by Gasteiger charge is -2.17. The molecule has 0 aliphatic heterocycles. The van der Waals surface area contributed by atoms with Crippen LogP contribution < -0.4 is 15.4 Å². The zero-order valence-corrected chi connectivity index (χ0v) is 13.9. The lowest BCUT2D eigenvalue weighted by Crippen LogP contribution is -2.44. The van der Waals surface area contributed by atoms with Gasteiger partial charge in [-0.15, -0.1) is 0 Å². The van der Waals surface area contributed by atoms with Gasteiger partial charge in [-0.25, -0.2) is 0 Å². The van der Waals surface area contributed by atoms with Crippen molar-refractivity contribution in [1.82, 2.24) is 10.6 Å². The highest BCUT2D eigenvalue weighted by molar-refractivity contribution is 5.79. The molecular weight excluding hydrogens is 282 g/mol. The monoisotopic (exact) mass is 309 g/mol. The number of guanidine groups is 1. The summed E-state index contributed by atoms with van der Waals surface area (Å²) in [6.07, 6.45) is 0. The quantitative estimate of drug-likeness (QED) is 0.410. The highest BCUT2D eigenvalue weighted by Gasteiger charge is 2.04. The topological polar surface area (TPSA) is 64.1 Å². The van der Waals surface area contributed by atoms with Crippen molar-refractivity contribution in [3.8, 4) is 5.75 Å². The first-order valence-electron chi connectivity index (χ1n) is 7.37. The molecule has 0 heterocycles. The summed E-state index contributed by atoms with van der Waals surface area (Å²) in [5.74, 6) is 1.59. The molecule has 1 atom stereocenters. The third kappa shape index (κ3) is 6.78. The van der Waals surface area contributed by atoms with Crippen LogP contribution in [-0.4, -0.2) is 53.0 Å². The van der Waals surface area contributed by atoms with E-state index in [1.165, 1.54) is 0 Å². The Labute approximate surface area is 132 Å². The second-order valence-electron chi connectivity index (χ2n) is 4.86. The molecule has 6 nitrogen and oxygen atoms in total. The molecule has 22 heavy (non-hydrogen) atoms. The fourth-order valence-electron chi connectivity index (χ4n) is 1.97. The van der Waals surface area contributed by atoms with Gasteiger partial charge in [0.1, 0.15) is 5.75 Å². The molecule has 6 heteroatoms. The summed E-state index contributed by atoms with van der Waals surface area (Å²) in [4.78, 5) is 4.16. The molecule has 1 unspecified atom stereocenters. The van der Waals surface area contributed by atoms with Gasteiger partial charge in [0.15, 0.2) is 5.96 Å². The average Bonchev–Trinajstić information content (AvgIpc) is 2.54. The molecule has 0 spiro atoms. The molecule has 0 saturated carbocycles. The largest absolute Gasteiger partial charge is 0.496 e. The van der Waals surface area contributed by atoms with Gasteiger partial charge in [-0.3, -0.25) is 4.99 Å². The molecule has 1 aromatic rings. The van der Waals surface area contributed by atoms with Gasteiger partial charge in [0.05, 0.1) is 26.9 Å². The van der Waals surface area contributed by atoms with Crippen LogP contribution in [0.1, 0.15) is 12.5 Å².